The predicted molar refractivity (Wildman–Crippen MR) is 174 cm³/mol. The molecule has 0 fully saturated rings. The molecule has 0 bridgehead atoms. The third kappa shape index (κ3) is 9.37. The molecular formula is C37H43FO4Si. The fourth-order valence-corrected chi connectivity index (χ4v) is 5.82. The molecule has 4 rings (SSSR count). The van der Waals surface area contributed by atoms with Crippen LogP contribution >= 0.6 is 0 Å². The first-order chi connectivity index (χ1) is 20.5. The number of benzene rings is 4. The lowest BCUT2D eigenvalue weighted by Gasteiger charge is -2.39. The molecule has 226 valence electrons. The molecule has 0 N–H and O–H groups in total. The second-order valence-electron chi connectivity index (χ2n) is 12.4. The molecule has 0 unspecified atom stereocenters. The van der Waals surface area contributed by atoms with Crippen LogP contribution in [0.1, 0.15) is 73.2 Å². The average molecular weight is 599 g/mol. The lowest BCUT2D eigenvalue weighted by Crippen LogP contribution is -2.41. The number of carbonyl (C=O) groups excluding carboxylic acids is 1. The van der Waals surface area contributed by atoms with E-state index in [0.717, 1.165) is 16.7 Å². The van der Waals surface area contributed by atoms with E-state index in [9.17, 15) is 9.18 Å². The third-order valence-corrected chi connectivity index (χ3v) is 12.6. The summed E-state index contributed by atoms with van der Waals surface area (Å²) in [5.74, 6) is 0.877. The summed E-state index contributed by atoms with van der Waals surface area (Å²) < 4.78 is 32.7. The van der Waals surface area contributed by atoms with Gasteiger partial charge in [-0.05, 0) is 71.9 Å². The fraction of sp³-hybridized carbons (Fsp3) is 0.324. The van der Waals surface area contributed by atoms with Crippen LogP contribution in [-0.2, 0) is 17.6 Å². The standard InChI is InChI=1S/C37H43FO4Si/c1-37(2,3)43(4,5)42-35(30-19-21-31(38)22-20-30)18-12-17-34(39)33-24-23-32(40-26-28-13-8-6-9-14-28)25-36(33)41-27-29-15-10-7-11-16-29/h6-11,13-16,19-25,35H,12,17-18,26-27H2,1-5H3/t35-/m1/s1. The Bertz CT molecular complexity index is 1450. The van der Waals surface area contributed by atoms with E-state index in [4.69, 9.17) is 13.9 Å². The van der Waals surface area contributed by atoms with E-state index in [-0.39, 0.29) is 22.7 Å². The molecule has 0 spiro atoms. The van der Waals surface area contributed by atoms with E-state index < -0.39 is 8.32 Å². The Morgan fingerprint density at radius 1 is 0.791 bits per heavy atom. The minimum absolute atomic E-state index is 0.00264. The van der Waals surface area contributed by atoms with Crippen molar-refractivity contribution in [2.24, 2.45) is 0 Å². The van der Waals surface area contributed by atoms with Crippen molar-refractivity contribution in [2.45, 2.75) is 77.5 Å². The molecule has 1 atom stereocenters. The first-order valence-corrected chi connectivity index (χ1v) is 17.9. The van der Waals surface area contributed by atoms with E-state index in [2.05, 4.69) is 33.9 Å². The summed E-state index contributed by atoms with van der Waals surface area (Å²) in [6.45, 7) is 11.8. The van der Waals surface area contributed by atoms with Gasteiger partial charge >= 0.3 is 0 Å². The second-order valence-corrected chi connectivity index (χ2v) is 17.2. The summed E-state index contributed by atoms with van der Waals surface area (Å²) in [7, 11) is -2.11. The van der Waals surface area contributed by atoms with Crippen LogP contribution in [0.3, 0.4) is 0 Å². The minimum Gasteiger partial charge on any atom is -0.489 e. The number of hydrogen-bond donors (Lipinski definition) is 0. The van der Waals surface area contributed by atoms with Gasteiger partial charge in [-0.2, -0.15) is 0 Å². The molecule has 0 aromatic heterocycles. The second kappa shape index (κ2) is 14.6. The summed E-state index contributed by atoms with van der Waals surface area (Å²) in [6, 6.07) is 31.8. The van der Waals surface area contributed by atoms with Gasteiger partial charge in [0, 0.05) is 12.5 Å². The minimum atomic E-state index is -2.11. The van der Waals surface area contributed by atoms with Gasteiger partial charge < -0.3 is 13.9 Å². The van der Waals surface area contributed by atoms with Gasteiger partial charge in [0.1, 0.15) is 30.5 Å². The van der Waals surface area contributed by atoms with Gasteiger partial charge in [0.25, 0.3) is 0 Å². The van der Waals surface area contributed by atoms with Gasteiger partial charge in [-0.3, -0.25) is 4.79 Å². The first kappa shape index (κ1) is 32.2. The highest BCUT2D eigenvalue weighted by Gasteiger charge is 2.39. The SMILES string of the molecule is CC(C)(C)[Si](C)(C)O[C@H](CCCC(=O)c1ccc(OCc2ccccc2)cc1OCc1ccccc1)c1ccc(F)cc1. The maximum absolute atomic E-state index is 13.7. The molecule has 0 saturated carbocycles. The van der Waals surface area contributed by atoms with Crippen LogP contribution in [-0.4, -0.2) is 14.1 Å². The van der Waals surface area contributed by atoms with Crippen molar-refractivity contribution in [3.05, 3.63) is 131 Å². The summed E-state index contributed by atoms with van der Waals surface area (Å²) in [6.07, 6.45) is 1.41. The normalized spacial score (nSPS) is 12.5. The molecule has 4 aromatic rings. The molecule has 6 heteroatoms. The number of ketones is 1. The maximum Gasteiger partial charge on any atom is 0.192 e. The van der Waals surface area contributed by atoms with Crippen molar-refractivity contribution in [1.82, 2.24) is 0 Å². The van der Waals surface area contributed by atoms with E-state index in [1.807, 2.05) is 66.7 Å². The van der Waals surface area contributed by atoms with E-state index in [1.54, 1.807) is 24.3 Å². The first-order valence-electron chi connectivity index (χ1n) is 15.0. The third-order valence-electron chi connectivity index (χ3n) is 8.09. The van der Waals surface area contributed by atoms with Crippen molar-refractivity contribution < 1.29 is 23.1 Å². The van der Waals surface area contributed by atoms with Crippen LogP contribution in [0, 0.1) is 5.82 Å². The highest BCUT2D eigenvalue weighted by atomic mass is 28.4. The molecule has 0 saturated heterocycles. The predicted octanol–water partition coefficient (Wildman–Crippen LogP) is 10.1. The van der Waals surface area contributed by atoms with Crippen molar-refractivity contribution in [2.75, 3.05) is 0 Å². The Morgan fingerprint density at radius 3 is 1.95 bits per heavy atom. The van der Waals surface area contributed by atoms with Crippen molar-refractivity contribution in [1.29, 1.82) is 0 Å². The molecular weight excluding hydrogens is 555 g/mol. The largest absolute Gasteiger partial charge is 0.489 e. The zero-order chi connectivity index (χ0) is 30.9. The van der Waals surface area contributed by atoms with Crippen molar-refractivity contribution >= 4 is 14.1 Å². The fourth-order valence-electron chi connectivity index (χ4n) is 4.50. The van der Waals surface area contributed by atoms with E-state index >= 15 is 0 Å². The number of ether oxygens (including phenoxy) is 2. The molecule has 0 amide bonds. The Hall–Kier alpha value is -3.74. The summed E-state index contributed by atoms with van der Waals surface area (Å²) in [5, 5.41) is 0.0242. The topological polar surface area (TPSA) is 44.8 Å². The van der Waals surface area contributed by atoms with Gasteiger partial charge in [-0.15, -0.1) is 0 Å². The Labute approximate surface area is 257 Å². The average Bonchev–Trinajstić information content (AvgIpc) is 2.99. The van der Waals surface area contributed by atoms with Crippen LogP contribution in [0.2, 0.25) is 18.1 Å². The smallest absolute Gasteiger partial charge is 0.192 e. The summed E-state index contributed by atoms with van der Waals surface area (Å²) in [4.78, 5) is 13.6. The van der Waals surface area contributed by atoms with Gasteiger partial charge in [0.05, 0.1) is 11.7 Å². The Kier molecular flexibility index (Phi) is 10.9. The van der Waals surface area contributed by atoms with Gasteiger partial charge in [-0.1, -0.05) is 93.6 Å². The number of Topliss-reactive ketones (excluding diaryl/α,β-unsaturated/α-hetero) is 1. The van der Waals surface area contributed by atoms with Gasteiger partial charge in [0.15, 0.2) is 14.1 Å². The number of rotatable bonds is 14. The van der Waals surface area contributed by atoms with Crippen LogP contribution in [0.25, 0.3) is 0 Å². The van der Waals surface area contributed by atoms with E-state index in [1.165, 1.54) is 12.1 Å². The van der Waals surface area contributed by atoms with Crippen molar-refractivity contribution in [3.8, 4) is 11.5 Å². The Balaban J connectivity index is 1.48. The summed E-state index contributed by atoms with van der Waals surface area (Å²) >= 11 is 0. The molecule has 43 heavy (non-hydrogen) atoms. The van der Waals surface area contributed by atoms with Crippen molar-refractivity contribution in [3.63, 3.8) is 0 Å². The molecule has 0 aliphatic rings. The van der Waals surface area contributed by atoms with Gasteiger partial charge in [-0.25, -0.2) is 4.39 Å². The monoisotopic (exact) mass is 598 g/mol. The number of carbonyl (C=O) groups is 1. The Morgan fingerprint density at radius 2 is 1.37 bits per heavy atom. The quantitative estimate of drug-likeness (QED) is 0.107. The highest BCUT2D eigenvalue weighted by Crippen LogP contribution is 2.41. The molecule has 4 nitrogen and oxygen atoms in total. The molecule has 4 aromatic carbocycles. The zero-order valence-electron chi connectivity index (χ0n) is 25.9. The van der Waals surface area contributed by atoms with Gasteiger partial charge in [0.2, 0.25) is 0 Å². The molecule has 0 aliphatic heterocycles. The van der Waals surface area contributed by atoms with Crippen LogP contribution in [0.15, 0.2) is 103 Å². The summed E-state index contributed by atoms with van der Waals surface area (Å²) in [5.41, 5.74) is 3.54. The molecule has 0 radical (unpaired) electrons. The van der Waals surface area contributed by atoms with Crippen LogP contribution < -0.4 is 9.47 Å². The lowest BCUT2D eigenvalue weighted by molar-refractivity contribution is 0.0966. The lowest BCUT2D eigenvalue weighted by atomic mass is 10.00. The van der Waals surface area contributed by atoms with E-state index in [0.29, 0.717) is 49.5 Å². The number of hydrogen-bond acceptors (Lipinski definition) is 4. The van der Waals surface area contributed by atoms with Crippen LogP contribution in [0.5, 0.6) is 11.5 Å². The van der Waals surface area contributed by atoms with Crippen LogP contribution in [0.4, 0.5) is 4.39 Å². The molecule has 0 aliphatic carbocycles. The maximum atomic E-state index is 13.7. The number of halogens is 1. The zero-order valence-corrected chi connectivity index (χ0v) is 26.9. The molecule has 0 heterocycles. The highest BCUT2D eigenvalue weighted by molar-refractivity contribution is 6.74.